The number of ether oxygens (including phenoxy) is 2. The van der Waals surface area contributed by atoms with Gasteiger partial charge in [-0.3, -0.25) is 4.79 Å². The molecule has 5 nitrogen and oxygen atoms in total. The van der Waals surface area contributed by atoms with E-state index in [9.17, 15) is 4.79 Å². The Labute approximate surface area is 202 Å². The van der Waals surface area contributed by atoms with Crippen molar-refractivity contribution >= 4 is 11.7 Å². The van der Waals surface area contributed by atoms with Crippen LogP contribution in [0.4, 0.5) is 0 Å². The van der Waals surface area contributed by atoms with Crippen molar-refractivity contribution in [3.63, 3.8) is 0 Å². The summed E-state index contributed by atoms with van der Waals surface area (Å²) in [5.74, 6) is 1.56. The van der Waals surface area contributed by atoms with Gasteiger partial charge in [-0.25, -0.2) is 0 Å². The van der Waals surface area contributed by atoms with Crippen molar-refractivity contribution in [2.45, 2.75) is 39.2 Å². The number of hydrogen-bond donors (Lipinski definition) is 0. The van der Waals surface area contributed by atoms with Gasteiger partial charge in [0.2, 0.25) is 0 Å². The Bertz CT molecular complexity index is 1050. The second-order valence-corrected chi connectivity index (χ2v) is 7.88. The van der Waals surface area contributed by atoms with E-state index in [0.29, 0.717) is 26.2 Å². The van der Waals surface area contributed by atoms with E-state index in [-0.39, 0.29) is 5.97 Å². The number of rotatable bonds is 14. The summed E-state index contributed by atoms with van der Waals surface area (Å²) in [4.78, 5) is 13.4. The Morgan fingerprint density at radius 2 is 1.82 bits per heavy atom. The van der Waals surface area contributed by atoms with Gasteiger partial charge in [-0.2, -0.15) is 0 Å². The van der Waals surface area contributed by atoms with Crippen LogP contribution in [0.25, 0.3) is 17.0 Å². The van der Waals surface area contributed by atoms with Crippen LogP contribution in [0.2, 0.25) is 0 Å². The molecular formula is C29H33NO4. The number of hydrogen-bond acceptors (Lipinski definition) is 5. The van der Waals surface area contributed by atoms with E-state index in [4.69, 9.17) is 13.9 Å². The first-order chi connectivity index (χ1) is 16.6. The summed E-state index contributed by atoms with van der Waals surface area (Å²) in [5.41, 5.74) is 3.94. The van der Waals surface area contributed by atoms with Gasteiger partial charge in [0.1, 0.15) is 11.5 Å². The SMILES string of the molecule is C=CN(Cc1ccccc1OCCCCCC(=O)OCC)C(=C)c1ccc(-c2ccco2)cc1. The van der Waals surface area contributed by atoms with E-state index in [2.05, 4.69) is 19.2 Å². The third kappa shape index (κ3) is 7.14. The molecule has 0 saturated heterocycles. The van der Waals surface area contributed by atoms with Crippen molar-refractivity contribution in [1.82, 2.24) is 4.90 Å². The first-order valence-corrected chi connectivity index (χ1v) is 11.7. The molecule has 0 spiro atoms. The van der Waals surface area contributed by atoms with Crippen LogP contribution >= 0.6 is 0 Å². The first kappa shape index (κ1) is 24.9. The number of unbranched alkanes of at least 4 members (excludes halogenated alkanes) is 2. The molecule has 0 amide bonds. The molecule has 34 heavy (non-hydrogen) atoms. The zero-order valence-corrected chi connectivity index (χ0v) is 19.9. The molecule has 0 N–H and O–H groups in total. The molecule has 0 atom stereocenters. The predicted octanol–water partition coefficient (Wildman–Crippen LogP) is 7.07. The molecule has 3 rings (SSSR count). The minimum atomic E-state index is -0.130. The highest BCUT2D eigenvalue weighted by atomic mass is 16.5. The maximum absolute atomic E-state index is 11.4. The van der Waals surface area contributed by atoms with Crippen molar-refractivity contribution in [2.24, 2.45) is 0 Å². The van der Waals surface area contributed by atoms with E-state index in [1.54, 1.807) is 12.5 Å². The van der Waals surface area contributed by atoms with Gasteiger partial charge >= 0.3 is 5.97 Å². The quantitative estimate of drug-likeness (QED) is 0.191. The minimum Gasteiger partial charge on any atom is -0.493 e. The Morgan fingerprint density at radius 3 is 2.53 bits per heavy atom. The number of carbonyl (C=O) groups excluding carboxylic acids is 1. The highest BCUT2D eigenvalue weighted by Crippen LogP contribution is 2.27. The summed E-state index contributed by atoms with van der Waals surface area (Å²) >= 11 is 0. The summed E-state index contributed by atoms with van der Waals surface area (Å²) in [7, 11) is 0. The van der Waals surface area contributed by atoms with Gasteiger partial charge in [-0.15, -0.1) is 0 Å². The Kier molecular flexibility index (Phi) is 9.59. The Morgan fingerprint density at radius 1 is 1.03 bits per heavy atom. The normalized spacial score (nSPS) is 10.5. The average Bonchev–Trinajstić information content (AvgIpc) is 3.40. The summed E-state index contributed by atoms with van der Waals surface area (Å²) in [6, 6.07) is 20.0. The lowest BCUT2D eigenvalue weighted by molar-refractivity contribution is -0.143. The molecule has 1 heterocycles. The number of benzene rings is 2. The molecule has 2 aromatic carbocycles. The number of carbonyl (C=O) groups is 1. The highest BCUT2D eigenvalue weighted by molar-refractivity contribution is 5.69. The lowest BCUT2D eigenvalue weighted by atomic mass is 10.1. The Balaban J connectivity index is 1.55. The molecule has 0 bridgehead atoms. The molecule has 0 saturated carbocycles. The summed E-state index contributed by atoms with van der Waals surface area (Å²) in [5, 5.41) is 0. The topological polar surface area (TPSA) is 51.9 Å². The molecule has 0 radical (unpaired) electrons. The summed E-state index contributed by atoms with van der Waals surface area (Å²) < 4.78 is 16.5. The second-order valence-electron chi connectivity index (χ2n) is 7.88. The Hall–Kier alpha value is -3.73. The van der Waals surface area contributed by atoms with Crippen LogP contribution in [0, 0.1) is 0 Å². The number of para-hydroxylation sites is 1. The molecule has 5 heteroatoms. The fourth-order valence-electron chi connectivity index (χ4n) is 3.63. The number of esters is 1. The average molecular weight is 460 g/mol. The van der Waals surface area contributed by atoms with E-state index in [1.165, 1.54) is 0 Å². The zero-order valence-electron chi connectivity index (χ0n) is 19.9. The van der Waals surface area contributed by atoms with Gasteiger partial charge in [-0.1, -0.05) is 55.6 Å². The molecule has 0 fully saturated rings. The van der Waals surface area contributed by atoms with Gasteiger partial charge in [0.15, 0.2) is 0 Å². The van der Waals surface area contributed by atoms with E-state index in [1.807, 2.05) is 66.4 Å². The lowest BCUT2D eigenvalue weighted by Crippen LogP contribution is -2.15. The van der Waals surface area contributed by atoms with Crippen LogP contribution in [-0.2, 0) is 16.1 Å². The van der Waals surface area contributed by atoms with Crippen LogP contribution in [0.5, 0.6) is 5.75 Å². The second kappa shape index (κ2) is 13.1. The molecule has 178 valence electrons. The lowest BCUT2D eigenvalue weighted by Gasteiger charge is -2.24. The molecule has 1 aromatic heterocycles. The third-order valence-electron chi connectivity index (χ3n) is 5.49. The highest BCUT2D eigenvalue weighted by Gasteiger charge is 2.12. The fraction of sp³-hybridized carbons (Fsp3) is 0.276. The van der Waals surface area contributed by atoms with Gasteiger partial charge < -0.3 is 18.8 Å². The summed E-state index contributed by atoms with van der Waals surface area (Å²) in [6.07, 6.45) is 6.54. The number of furan rings is 1. The van der Waals surface area contributed by atoms with Crippen molar-refractivity contribution in [2.75, 3.05) is 13.2 Å². The number of nitrogens with zero attached hydrogens (tertiary/aromatic N) is 1. The molecule has 3 aromatic rings. The maximum Gasteiger partial charge on any atom is 0.305 e. The third-order valence-corrected chi connectivity index (χ3v) is 5.49. The van der Waals surface area contributed by atoms with Gasteiger partial charge in [0.25, 0.3) is 0 Å². The standard InChI is InChI=1S/C29H33NO4/c1-4-30(23(3)24-16-18-25(19-17-24)27-14-11-21-34-27)22-26-12-8-9-13-28(26)33-20-10-6-7-15-29(31)32-5-2/h4,8-9,11-14,16-19,21H,1,3,5-7,10,15,20,22H2,2H3. The van der Waals surface area contributed by atoms with E-state index >= 15 is 0 Å². The zero-order chi connectivity index (χ0) is 24.2. The largest absolute Gasteiger partial charge is 0.493 e. The molecule has 0 unspecified atom stereocenters. The van der Waals surface area contributed by atoms with Gasteiger partial charge in [0.05, 0.1) is 26.0 Å². The van der Waals surface area contributed by atoms with Crippen LogP contribution in [0.1, 0.15) is 43.7 Å². The summed E-state index contributed by atoms with van der Waals surface area (Å²) in [6.45, 7) is 11.7. The van der Waals surface area contributed by atoms with Crippen LogP contribution in [0.15, 0.2) is 90.7 Å². The molecular weight excluding hydrogens is 426 g/mol. The maximum atomic E-state index is 11.4. The monoisotopic (exact) mass is 459 g/mol. The molecule has 0 aliphatic heterocycles. The smallest absolute Gasteiger partial charge is 0.305 e. The van der Waals surface area contributed by atoms with Crippen molar-refractivity contribution in [3.05, 3.63) is 97.4 Å². The minimum absolute atomic E-state index is 0.130. The molecule has 0 aliphatic rings. The van der Waals surface area contributed by atoms with Crippen molar-refractivity contribution < 1.29 is 18.7 Å². The fourth-order valence-corrected chi connectivity index (χ4v) is 3.63. The van der Waals surface area contributed by atoms with Crippen LogP contribution < -0.4 is 4.74 Å². The van der Waals surface area contributed by atoms with Crippen molar-refractivity contribution in [3.8, 4) is 17.1 Å². The van der Waals surface area contributed by atoms with Crippen LogP contribution in [-0.4, -0.2) is 24.1 Å². The molecule has 0 aliphatic carbocycles. The van der Waals surface area contributed by atoms with E-state index in [0.717, 1.165) is 53.2 Å². The van der Waals surface area contributed by atoms with Crippen molar-refractivity contribution in [1.29, 1.82) is 0 Å². The van der Waals surface area contributed by atoms with Crippen LogP contribution in [0.3, 0.4) is 0 Å². The predicted molar refractivity (Wildman–Crippen MR) is 136 cm³/mol. The van der Waals surface area contributed by atoms with Gasteiger partial charge in [0, 0.05) is 23.2 Å². The van der Waals surface area contributed by atoms with E-state index < -0.39 is 0 Å². The van der Waals surface area contributed by atoms with Gasteiger partial charge in [-0.05, 0) is 56.1 Å². The first-order valence-electron chi connectivity index (χ1n) is 11.7.